The Morgan fingerprint density at radius 2 is 1.72 bits per heavy atom. The molecule has 0 atom stereocenters. The molecule has 0 bridgehead atoms. The van der Waals surface area contributed by atoms with Crippen LogP contribution in [0.25, 0.3) is 10.9 Å². The van der Waals surface area contributed by atoms with E-state index in [1.807, 2.05) is 24.3 Å². The molecule has 0 unspecified atom stereocenters. The number of hydrogen-bond donors (Lipinski definition) is 2. The van der Waals surface area contributed by atoms with E-state index in [0.29, 0.717) is 16.8 Å². The third-order valence-corrected chi connectivity index (χ3v) is 3.63. The fourth-order valence-electron chi connectivity index (χ4n) is 2.43. The highest BCUT2D eigenvalue weighted by Gasteiger charge is 2.09. The van der Waals surface area contributed by atoms with Gasteiger partial charge in [0.15, 0.2) is 0 Å². The van der Waals surface area contributed by atoms with E-state index < -0.39 is 0 Å². The van der Waals surface area contributed by atoms with Crippen molar-refractivity contribution in [2.24, 2.45) is 0 Å². The second-order valence-corrected chi connectivity index (χ2v) is 5.51. The van der Waals surface area contributed by atoms with Crippen molar-refractivity contribution in [3.05, 3.63) is 72.2 Å². The van der Waals surface area contributed by atoms with E-state index in [-0.39, 0.29) is 30.6 Å². The lowest BCUT2D eigenvalue weighted by atomic mass is 10.1. The Morgan fingerprint density at radius 1 is 0.960 bits per heavy atom. The Labute approximate surface area is 143 Å². The van der Waals surface area contributed by atoms with Gasteiger partial charge in [0.2, 0.25) is 11.8 Å². The number of pyridine rings is 1. The average molecular weight is 337 g/mol. The van der Waals surface area contributed by atoms with Crippen LogP contribution in [0.5, 0.6) is 0 Å². The Hall–Kier alpha value is -3.28. The van der Waals surface area contributed by atoms with Crippen molar-refractivity contribution in [2.45, 2.75) is 6.42 Å². The summed E-state index contributed by atoms with van der Waals surface area (Å²) in [5.74, 6) is -1.00. The zero-order valence-electron chi connectivity index (χ0n) is 13.3. The second kappa shape index (κ2) is 7.53. The van der Waals surface area contributed by atoms with Gasteiger partial charge in [-0.3, -0.25) is 14.6 Å². The lowest BCUT2D eigenvalue weighted by Crippen LogP contribution is -2.33. The van der Waals surface area contributed by atoms with E-state index in [1.165, 1.54) is 24.3 Å². The quantitative estimate of drug-likeness (QED) is 0.752. The lowest BCUT2D eigenvalue weighted by molar-refractivity contribution is -0.123. The zero-order chi connectivity index (χ0) is 17.6. The molecule has 1 heterocycles. The van der Waals surface area contributed by atoms with Crippen molar-refractivity contribution in [3.8, 4) is 0 Å². The van der Waals surface area contributed by atoms with Gasteiger partial charge in [-0.05, 0) is 29.8 Å². The molecule has 5 nitrogen and oxygen atoms in total. The van der Waals surface area contributed by atoms with Gasteiger partial charge in [-0.25, -0.2) is 4.39 Å². The van der Waals surface area contributed by atoms with E-state index in [4.69, 9.17) is 0 Å². The molecule has 6 heteroatoms. The summed E-state index contributed by atoms with van der Waals surface area (Å²) in [4.78, 5) is 28.2. The third-order valence-electron chi connectivity index (χ3n) is 3.63. The van der Waals surface area contributed by atoms with Gasteiger partial charge in [-0.15, -0.1) is 0 Å². The van der Waals surface area contributed by atoms with E-state index in [9.17, 15) is 14.0 Å². The number of nitrogens with zero attached hydrogens (tertiary/aromatic N) is 1. The van der Waals surface area contributed by atoms with Gasteiger partial charge in [0.1, 0.15) is 5.82 Å². The van der Waals surface area contributed by atoms with Crippen molar-refractivity contribution in [1.29, 1.82) is 0 Å². The molecule has 1 aromatic heterocycles. The van der Waals surface area contributed by atoms with Crippen molar-refractivity contribution < 1.29 is 14.0 Å². The normalized spacial score (nSPS) is 10.4. The molecule has 0 saturated heterocycles. The van der Waals surface area contributed by atoms with Crippen LogP contribution in [0.15, 0.2) is 60.8 Å². The molecule has 0 radical (unpaired) electrons. The zero-order valence-corrected chi connectivity index (χ0v) is 13.3. The van der Waals surface area contributed by atoms with Gasteiger partial charge in [0.25, 0.3) is 0 Å². The molecule has 0 aliphatic rings. The highest BCUT2D eigenvalue weighted by Crippen LogP contribution is 2.20. The molecule has 0 saturated carbocycles. The minimum Gasteiger partial charge on any atom is -0.347 e. The van der Waals surface area contributed by atoms with E-state index in [1.54, 1.807) is 12.3 Å². The van der Waals surface area contributed by atoms with Crippen molar-refractivity contribution in [3.63, 3.8) is 0 Å². The summed E-state index contributed by atoms with van der Waals surface area (Å²) in [7, 11) is 0. The smallest absolute Gasteiger partial charge is 0.243 e. The molecule has 3 rings (SSSR count). The standard InChI is InChI=1S/C19H16FN3O2/c20-15-8-6-13(7-9-15)11-17(24)22-12-18(25)23-16-5-1-3-14-4-2-10-21-19(14)16/h1-10H,11-12H2,(H,22,24)(H,23,25). The number of aromatic nitrogens is 1. The summed E-state index contributed by atoms with van der Waals surface area (Å²) in [6.45, 7) is -0.150. The minimum absolute atomic E-state index is 0.0867. The first-order valence-electron chi connectivity index (χ1n) is 7.76. The molecule has 2 aromatic carbocycles. The molecule has 3 aromatic rings. The number of para-hydroxylation sites is 1. The average Bonchev–Trinajstić information content (AvgIpc) is 2.62. The number of anilines is 1. The maximum Gasteiger partial charge on any atom is 0.243 e. The van der Waals surface area contributed by atoms with Crippen LogP contribution in [-0.4, -0.2) is 23.3 Å². The summed E-state index contributed by atoms with van der Waals surface area (Å²) in [6.07, 6.45) is 1.74. The molecule has 0 aliphatic carbocycles. The summed E-state index contributed by atoms with van der Waals surface area (Å²) < 4.78 is 12.8. The number of halogens is 1. The van der Waals surface area contributed by atoms with Crippen LogP contribution in [0, 0.1) is 5.82 Å². The largest absolute Gasteiger partial charge is 0.347 e. The lowest BCUT2D eigenvalue weighted by Gasteiger charge is -2.09. The molecule has 2 amide bonds. The predicted octanol–water partition coefficient (Wildman–Crippen LogP) is 2.67. The summed E-state index contributed by atoms with van der Waals surface area (Å²) in [5.41, 5.74) is 1.96. The van der Waals surface area contributed by atoms with Crippen LogP contribution in [-0.2, 0) is 16.0 Å². The molecular formula is C19H16FN3O2. The maximum atomic E-state index is 12.8. The second-order valence-electron chi connectivity index (χ2n) is 5.51. The maximum absolute atomic E-state index is 12.8. The van der Waals surface area contributed by atoms with Gasteiger partial charge in [-0.1, -0.05) is 30.3 Å². The third kappa shape index (κ3) is 4.38. The number of rotatable bonds is 5. The first kappa shape index (κ1) is 16.6. The number of carbonyl (C=O) groups excluding carboxylic acids is 2. The monoisotopic (exact) mass is 337 g/mol. The molecule has 0 fully saturated rings. The van der Waals surface area contributed by atoms with Crippen molar-refractivity contribution in [1.82, 2.24) is 10.3 Å². The number of carbonyl (C=O) groups is 2. The number of nitrogens with one attached hydrogen (secondary N) is 2. The van der Waals surface area contributed by atoms with Crippen molar-refractivity contribution >= 4 is 28.4 Å². The highest BCUT2D eigenvalue weighted by atomic mass is 19.1. The topological polar surface area (TPSA) is 71.1 Å². The number of benzene rings is 2. The highest BCUT2D eigenvalue weighted by molar-refractivity contribution is 6.01. The predicted molar refractivity (Wildman–Crippen MR) is 93.5 cm³/mol. The molecule has 25 heavy (non-hydrogen) atoms. The van der Waals surface area contributed by atoms with E-state index in [0.717, 1.165) is 5.39 Å². The van der Waals surface area contributed by atoms with Crippen LogP contribution >= 0.6 is 0 Å². The molecule has 0 spiro atoms. The van der Waals surface area contributed by atoms with Gasteiger partial charge >= 0.3 is 0 Å². The number of amides is 2. The Bertz CT molecular complexity index is 905. The Balaban J connectivity index is 1.55. The molecule has 2 N–H and O–H groups in total. The fourth-order valence-corrected chi connectivity index (χ4v) is 2.43. The molecular weight excluding hydrogens is 321 g/mol. The SMILES string of the molecule is O=C(Cc1ccc(F)cc1)NCC(=O)Nc1cccc2cccnc12. The van der Waals surface area contributed by atoms with Gasteiger partial charge in [-0.2, -0.15) is 0 Å². The van der Waals surface area contributed by atoms with Crippen LogP contribution < -0.4 is 10.6 Å². The van der Waals surface area contributed by atoms with Crippen LogP contribution in [0.1, 0.15) is 5.56 Å². The van der Waals surface area contributed by atoms with Crippen molar-refractivity contribution in [2.75, 3.05) is 11.9 Å². The van der Waals surface area contributed by atoms with Gasteiger partial charge in [0.05, 0.1) is 24.2 Å². The number of fused-ring (bicyclic) bond motifs is 1. The summed E-state index contributed by atoms with van der Waals surface area (Å²) >= 11 is 0. The van der Waals surface area contributed by atoms with Crippen LogP contribution in [0.3, 0.4) is 0 Å². The first-order chi connectivity index (χ1) is 12.1. The van der Waals surface area contributed by atoms with Crippen LogP contribution in [0.4, 0.5) is 10.1 Å². The van der Waals surface area contributed by atoms with E-state index in [2.05, 4.69) is 15.6 Å². The van der Waals surface area contributed by atoms with Crippen LogP contribution in [0.2, 0.25) is 0 Å². The Morgan fingerprint density at radius 3 is 2.52 bits per heavy atom. The van der Waals surface area contributed by atoms with Gasteiger partial charge < -0.3 is 10.6 Å². The number of hydrogen-bond acceptors (Lipinski definition) is 3. The first-order valence-corrected chi connectivity index (χ1v) is 7.76. The summed E-state index contributed by atoms with van der Waals surface area (Å²) in [6, 6.07) is 14.9. The Kier molecular flexibility index (Phi) is 4.99. The molecule has 126 valence electrons. The van der Waals surface area contributed by atoms with E-state index >= 15 is 0 Å². The minimum atomic E-state index is -0.354. The van der Waals surface area contributed by atoms with Gasteiger partial charge in [0, 0.05) is 11.6 Å². The summed E-state index contributed by atoms with van der Waals surface area (Å²) in [5, 5.41) is 6.21. The fraction of sp³-hybridized carbons (Fsp3) is 0.105. The molecule has 0 aliphatic heterocycles.